The van der Waals surface area contributed by atoms with Gasteiger partial charge in [-0.2, -0.15) is 0 Å². The standard InChI is InChI=1S/C27H31NO6/c1-16(2)18-5-7-19(8-6-18)24-23(26(30)27(31)28(24)11-12-32-17(3)4)25(29)20-9-10-21-22(15-20)34-14-13-33-21/h5-10,15-17,24,29H,11-14H2,1-4H3/b25-23-. The maximum absolute atomic E-state index is 13.2. The maximum atomic E-state index is 13.2. The van der Waals surface area contributed by atoms with Gasteiger partial charge in [-0.3, -0.25) is 9.59 Å². The van der Waals surface area contributed by atoms with E-state index in [1.54, 1.807) is 18.2 Å². The van der Waals surface area contributed by atoms with Crippen LogP contribution >= 0.6 is 0 Å². The molecule has 2 aromatic carbocycles. The van der Waals surface area contributed by atoms with E-state index in [-0.39, 0.29) is 30.6 Å². The van der Waals surface area contributed by atoms with Crippen molar-refractivity contribution in [2.24, 2.45) is 0 Å². The maximum Gasteiger partial charge on any atom is 0.295 e. The zero-order valence-corrected chi connectivity index (χ0v) is 20.0. The molecule has 4 rings (SSSR count). The van der Waals surface area contributed by atoms with E-state index in [0.717, 1.165) is 11.1 Å². The van der Waals surface area contributed by atoms with E-state index in [4.69, 9.17) is 14.2 Å². The molecule has 1 unspecified atom stereocenters. The number of aliphatic hydroxyl groups is 1. The fourth-order valence-electron chi connectivity index (χ4n) is 4.25. The van der Waals surface area contributed by atoms with Crippen molar-refractivity contribution < 1.29 is 28.9 Å². The van der Waals surface area contributed by atoms with Gasteiger partial charge < -0.3 is 24.2 Å². The average Bonchev–Trinajstić information content (AvgIpc) is 3.08. The Hall–Kier alpha value is -3.32. The first-order chi connectivity index (χ1) is 16.3. The number of fused-ring (bicyclic) bond motifs is 1. The molecule has 0 aromatic heterocycles. The fraction of sp³-hybridized carbons (Fsp3) is 0.407. The highest BCUT2D eigenvalue weighted by Gasteiger charge is 2.46. The number of carbonyl (C=O) groups is 2. The summed E-state index contributed by atoms with van der Waals surface area (Å²) < 4.78 is 16.8. The summed E-state index contributed by atoms with van der Waals surface area (Å²) in [6.45, 7) is 9.41. The Morgan fingerprint density at radius 2 is 1.71 bits per heavy atom. The number of amides is 1. The van der Waals surface area contributed by atoms with E-state index >= 15 is 0 Å². The molecule has 1 fully saturated rings. The molecular formula is C27H31NO6. The largest absolute Gasteiger partial charge is 0.507 e. The van der Waals surface area contributed by atoms with Crippen LogP contribution in [0.25, 0.3) is 5.76 Å². The number of carbonyl (C=O) groups excluding carboxylic acids is 2. The van der Waals surface area contributed by atoms with Crippen molar-refractivity contribution in [3.05, 3.63) is 64.7 Å². The molecule has 1 saturated heterocycles. The Labute approximate surface area is 199 Å². The van der Waals surface area contributed by atoms with Crippen LogP contribution in [-0.2, 0) is 14.3 Å². The lowest BCUT2D eigenvalue weighted by atomic mass is 9.93. The minimum atomic E-state index is -0.717. The van der Waals surface area contributed by atoms with E-state index in [9.17, 15) is 14.7 Å². The number of benzene rings is 2. The van der Waals surface area contributed by atoms with Gasteiger partial charge in [-0.15, -0.1) is 0 Å². The topological polar surface area (TPSA) is 85.3 Å². The van der Waals surface area contributed by atoms with Gasteiger partial charge in [0.05, 0.1) is 24.3 Å². The highest BCUT2D eigenvalue weighted by Crippen LogP contribution is 2.41. The van der Waals surface area contributed by atoms with E-state index < -0.39 is 17.7 Å². The van der Waals surface area contributed by atoms with Gasteiger partial charge in [0.25, 0.3) is 11.7 Å². The molecule has 0 saturated carbocycles. The number of aliphatic hydroxyl groups excluding tert-OH is 1. The SMILES string of the molecule is CC(C)OCCN1C(=O)C(=O)/C(=C(\O)c2ccc3c(c2)OCCO3)C1c1ccc(C(C)C)cc1. The molecule has 0 spiro atoms. The van der Waals surface area contributed by atoms with Crippen LogP contribution in [0.3, 0.4) is 0 Å². The van der Waals surface area contributed by atoms with Crippen LogP contribution in [0.1, 0.15) is 56.3 Å². The molecule has 34 heavy (non-hydrogen) atoms. The predicted molar refractivity (Wildman–Crippen MR) is 128 cm³/mol. The number of rotatable bonds is 7. The van der Waals surface area contributed by atoms with Crippen molar-refractivity contribution >= 4 is 17.4 Å². The minimum Gasteiger partial charge on any atom is -0.507 e. The van der Waals surface area contributed by atoms with Crippen molar-refractivity contribution in [3.63, 3.8) is 0 Å². The lowest BCUT2D eigenvalue weighted by molar-refractivity contribution is -0.140. The van der Waals surface area contributed by atoms with E-state index in [1.807, 2.05) is 38.1 Å². The highest BCUT2D eigenvalue weighted by molar-refractivity contribution is 6.46. The first-order valence-electron chi connectivity index (χ1n) is 11.7. The summed E-state index contributed by atoms with van der Waals surface area (Å²) in [7, 11) is 0. The summed E-state index contributed by atoms with van der Waals surface area (Å²) in [5.41, 5.74) is 2.36. The minimum absolute atomic E-state index is 0.00156. The zero-order chi connectivity index (χ0) is 24.4. The lowest BCUT2D eigenvalue weighted by Gasteiger charge is -2.26. The van der Waals surface area contributed by atoms with Crippen LogP contribution in [0.4, 0.5) is 0 Å². The van der Waals surface area contributed by atoms with Crippen LogP contribution in [0.2, 0.25) is 0 Å². The molecule has 1 atom stereocenters. The molecule has 7 nitrogen and oxygen atoms in total. The van der Waals surface area contributed by atoms with Crippen molar-refractivity contribution in [1.29, 1.82) is 0 Å². The van der Waals surface area contributed by atoms with Gasteiger partial charge in [0, 0.05) is 12.1 Å². The van der Waals surface area contributed by atoms with Gasteiger partial charge in [0.2, 0.25) is 0 Å². The number of nitrogens with zero attached hydrogens (tertiary/aromatic N) is 1. The van der Waals surface area contributed by atoms with Crippen LogP contribution in [0, 0.1) is 0 Å². The summed E-state index contributed by atoms with van der Waals surface area (Å²) in [4.78, 5) is 27.7. The number of ether oxygens (including phenoxy) is 3. The number of Topliss-reactive ketones (excluding diaryl/α,β-unsaturated/α-hetero) is 1. The molecule has 1 N–H and O–H groups in total. The summed E-state index contributed by atoms with van der Waals surface area (Å²) in [6.07, 6.45) is -0.00156. The van der Waals surface area contributed by atoms with Gasteiger partial charge in [0.1, 0.15) is 19.0 Å². The second-order valence-electron chi connectivity index (χ2n) is 9.09. The van der Waals surface area contributed by atoms with Crippen LogP contribution in [0.5, 0.6) is 11.5 Å². The third-order valence-corrected chi connectivity index (χ3v) is 6.06. The Bertz CT molecular complexity index is 1100. The Morgan fingerprint density at radius 3 is 2.35 bits per heavy atom. The van der Waals surface area contributed by atoms with Gasteiger partial charge in [-0.1, -0.05) is 38.1 Å². The quantitative estimate of drug-likeness (QED) is 0.370. The zero-order valence-electron chi connectivity index (χ0n) is 20.0. The lowest BCUT2D eigenvalue weighted by Crippen LogP contribution is -2.33. The fourth-order valence-corrected chi connectivity index (χ4v) is 4.25. The van der Waals surface area contributed by atoms with Gasteiger partial charge in [0.15, 0.2) is 11.5 Å². The normalized spacial score (nSPS) is 19.4. The van der Waals surface area contributed by atoms with E-state index in [2.05, 4.69) is 13.8 Å². The first-order valence-corrected chi connectivity index (χ1v) is 11.7. The molecule has 0 radical (unpaired) electrons. The number of likely N-dealkylation sites (tertiary alicyclic amines) is 1. The molecule has 7 heteroatoms. The van der Waals surface area contributed by atoms with Gasteiger partial charge in [-0.25, -0.2) is 0 Å². The van der Waals surface area contributed by atoms with E-state index in [0.29, 0.717) is 36.2 Å². The molecule has 2 aliphatic heterocycles. The average molecular weight is 466 g/mol. The van der Waals surface area contributed by atoms with Crippen LogP contribution in [0.15, 0.2) is 48.0 Å². The van der Waals surface area contributed by atoms with E-state index in [1.165, 1.54) is 4.90 Å². The van der Waals surface area contributed by atoms with Crippen molar-refractivity contribution in [2.75, 3.05) is 26.4 Å². The monoisotopic (exact) mass is 465 g/mol. The summed E-state index contributed by atoms with van der Waals surface area (Å²) in [5, 5.41) is 11.3. The molecular weight excluding hydrogens is 434 g/mol. The second kappa shape index (κ2) is 9.89. The van der Waals surface area contributed by atoms with Crippen LogP contribution in [-0.4, -0.2) is 54.2 Å². The predicted octanol–water partition coefficient (Wildman–Crippen LogP) is 4.43. The van der Waals surface area contributed by atoms with Gasteiger partial charge >= 0.3 is 0 Å². The third-order valence-electron chi connectivity index (χ3n) is 6.06. The Balaban J connectivity index is 1.78. The van der Waals surface area contributed by atoms with Crippen molar-refractivity contribution in [2.45, 2.75) is 45.8 Å². The molecule has 0 bridgehead atoms. The Kier molecular flexibility index (Phi) is 6.93. The molecule has 1 amide bonds. The molecule has 2 aliphatic rings. The third kappa shape index (κ3) is 4.66. The summed E-state index contributed by atoms with van der Waals surface area (Å²) in [6, 6.07) is 12.1. The number of ketones is 1. The second-order valence-corrected chi connectivity index (χ2v) is 9.09. The highest BCUT2D eigenvalue weighted by atomic mass is 16.6. The first kappa shape index (κ1) is 23.8. The summed E-state index contributed by atoms with van der Waals surface area (Å²) in [5.74, 6) is -0.181. The molecule has 0 aliphatic carbocycles. The smallest absolute Gasteiger partial charge is 0.295 e. The van der Waals surface area contributed by atoms with Gasteiger partial charge in [-0.05, 0) is 49.1 Å². The Morgan fingerprint density at radius 1 is 1.03 bits per heavy atom. The van der Waals surface area contributed by atoms with Crippen molar-refractivity contribution in [3.8, 4) is 11.5 Å². The molecule has 2 heterocycles. The van der Waals surface area contributed by atoms with Crippen molar-refractivity contribution in [1.82, 2.24) is 4.90 Å². The summed E-state index contributed by atoms with van der Waals surface area (Å²) >= 11 is 0. The molecule has 2 aromatic rings. The number of hydrogen-bond acceptors (Lipinski definition) is 6. The molecule has 180 valence electrons. The van der Waals surface area contributed by atoms with Crippen LogP contribution < -0.4 is 9.47 Å². The number of hydrogen-bond donors (Lipinski definition) is 1.